The summed E-state index contributed by atoms with van der Waals surface area (Å²) in [6.45, 7) is 2.40. The van der Waals surface area contributed by atoms with Crippen LogP contribution in [0.2, 0.25) is 0 Å². The van der Waals surface area contributed by atoms with E-state index in [2.05, 4.69) is 0 Å². The molecule has 0 spiro atoms. The van der Waals surface area contributed by atoms with Crippen LogP contribution in [0.3, 0.4) is 0 Å². The lowest BCUT2D eigenvalue weighted by Crippen LogP contribution is -2.34. The molecule has 0 radical (unpaired) electrons. The zero-order valence-corrected chi connectivity index (χ0v) is 7.48. The highest BCUT2D eigenvalue weighted by molar-refractivity contribution is 6.07. The molecule has 2 atom stereocenters. The monoisotopic (exact) mass is 188 g/mol. The minimum absolute atomic E-state index is 0.406. The third-order valence-corrected chi connectivity index (χ3v) is 1.52. The lowest BCUT2D eigenvalue weighted by Gasteiger charge is -2.12. The second-order valence-corrected chi connectivity index (χ2v) is 2.90. The zero-order valence-electron chi connectivity index (χ0n) is 7.48. The van der Waals surface area contributed by atoms with Crippen molar-refractivity contribution in [3.63, 3.8) is 0 Å². The molecule has 0 aromatic rings. The summed E-state index contributed by atoms with van der Waals surface area (Å²) in [6, 6.07) is 0. The third kappa shape index (κ3) is 3.80. The molecule has 74 valence electrons. The molecule has 0 saturated heterocycles. The molecule has 1 unspecified atom stereocenters. The highest BCUT2D eigenvalue weighted by Crippen LogP contribution is 2.08. The van der Waals surface area contributed by atoms with E-state index in [0.717, 1.165) is 0 Å². The number of carboxylic acid groups (broad SMARTS) is 1. The quantitative estimate of drug-likeness (QED) is 0.573. The lowest BCUT2D eigenvalue weighted by molar-refractivity contribution is -0.150. The van der Waals surface area contributed by atoms with Gasteiger partial charge in [0.05, 0.1) is 12.5 Å². The Balaban J connectivity index is 4.47. The highest BCUT2D eigenvalue weighted by Gasteiger charge is 2.31. The highest BCUT2D eigenvalue weighted by atomic mass is 16.4. The van der Waals surface area contributed by atoms with Gasteiger partial charge in [-0.1, -0.05) is 0 Å². The minimum Gasteiger partial charge on any atom is -0.481 e. The second kappa shape index (κ2) is 4.71. The Bertz CT molecular complexity index is 231. The van der Waals surface area contributed by atoms with Crippen molar-refractivity contribution >= 4 is 17.5 Å². The number of carbonyl (C=O) groups is 3. The van der Waals surface area contributed by atoms with Crippen molar-refractivity contribution in [1.29, 1.82) is 0 Å². The number of aliphatic carboxylic acids is 1. The van der Waals surface area contributed by atoms with Gasteiger partial charge in [-0.05, 0) is 13.8 Å². The predicted octanol–water partition coefficient (Wildman–Crippen LogP) is -0.384. The topological polar surface area (TPSA) is 91.7 Å². The van der Waals surface area contributed by atoms with Gasteiger partial charge in [0.2, 0.25) is 0 Å². The van der Waals surface area contributed by atoms with Crippen LogP contribution in [-0.2, 0) is 14.4 Å². The second-order valence-electron chi connectivity index (χ2n) is 2.90. The van der Waals surface area contributed by atoms with Gasteiger partial charge in [0, 0.05) is 0 Å². The Hall–Kier alpha value is -1.23. The van der Waals surface area contributed by atoms with Gasteiger partial charge in [-0.3, -0.25) is 14.4 Å². The standard InChI is InChI=1S/C8H12O5/c1-4(9)3-6(11)7(5(2)10)8(12)13/h5,7,10H,3H2,1-2H3,(H,12,13)/t5?,7-/m1/s1. The van der Waals surface area contributed by atoms with Crippen molar-refractivity contribution in [2.24, 2.45) is 5.92 Å². The van der Waals surface area contributed by atoms with Gasteiger partial charge in [0.25, 0.3) is 0 Å². The first-order valence-corrected chi connectivity index (χ1v) is 3.79. The minimum atomic E-state index is -1.50. The van der Waals surface area contributed by atoms with Crippen molar-refractivity contribution in [2.75, 3.05) is 0 Å². The summed E-state index contributed by atoms with van der Waals surface area (Å²) < 4.78 is 0. The molecule has 13 heavy (non-hydrogen) atoms. The summed E-state index contributed by atoms with van der Waals surface area (Å²) in [5.74, 6) is -4.06. The smallest absolute Gasteiger partial charge is 0.316 e. The molecule has 0 aliphatic rings. The van der Waals surface area contributed by atoms with Crippen LogP contribution >= 0.6 is 0 Å². The van der Waals surface area contributed by atoms with E-state index >= 15 is 0 Å². The van der Waals surface area contributed by atoms with E-state index in [1.54, 1.807) is 0 Å². The molecule has 5 heteroatoms. The Labute approximate surface area is 75.4 Å². The number of aliphatic hydroxyl groups is 1. The molecule has 0 bridgehead atoms. The van der Waals surface area contributed by atoms with Crippen molar-refractivity contribution in [3.05, 3.63) is 0 Å². The SMILES string of the molecule is CC(=O)CC(=O)[C@H](C(=O)O)C(C)O. The van der Waals surface area contributed by atoms with Gasteiger partial charge in [-0.15, -0.1) is 0 Å². The van der Waals surface area contributed by atoms with E-state index in [4.69, 9.17) is 10.2 Å². The number of Topliss-reactive ketones (excluding diaryl/α,β-unsaturated/α-hetero) is 2. The molecule has 0 amide bonds. The van der Waals surface area contributed by atoms with Gasteiger partial charge >= 0.3 is 5.97 Å². The van der Waals surface area contributed by atoms with Crippen LogP contribution in [0.25, 0.3) is 0 Å². The van der Waals surface area contributed by atoms with E-state index in [1.807, 2.05) is 0 Å². The van der Waals surface area contributed by atoms with Crippen molar-refractivity contribution in [2.45, 2.75) is 26.4 Å². The van der Waals surface area contributed by atoms with Gasteiger partial charge in [-0.25, -0.2) is 0 Å². The summed E-state index contributed by atoms with van der Waals surface area (Å²) in [5, 5.41) is 17.5. The molecule has 0 heterocycles. The van der Waals surface area contributed by atoms with E-state index in [1.165, 1.54) is 13.8 Å². The maximum atomic E-state index is 11.1. The molecule has 0 aliphatic heterocycles. The largest absolute Gasteiger partial charge is 0.481 e. The summed E-state index contributed by atoms with van der Waals surface area (Å²) in [7, 11) is 0. The Kier molecular flexibility index (Phi) is 4.27. The molecule has 2 N–H and O–H groups in total. The molecule has 0 rings (SSSR count). The summed E-state index contributed by atoms with van der Waals surface area (Å²) in [6.07, 6.45) is -1.72. The van der Waals surface area contributed by atoms with Crippen LogP contribution in [0.4, 0.5) is 0 Å². The normalized spacial score (nSPS) is 14.7. The average Bonchev–Trinajstić information content (AvgIpc) is 1.81. The van der Waals surface area contributed by atoms with E-state index in [0.29, 0.717) is 0 Å². The molecule has 0 aromatic heterocycles. The van der Waals surface area contributed by atoms with Crippen molar-refractivity contribution in [3.8, 4) is 0 Å². The molecule has 5 nitrogen and oxygen atoms in total. The molecule has 0 saturated carbocycles. The first-order chi connectivity index (χ1) is 5.86. The van der Waals surface area contributed by atoms with Gasteiger partial charge < -0.3 is 10.2 Å². The first-order valence-electron chi connectivity index (χ1n) is 3.79. The number of hydrogen-bond acceptors (Lipinski definition) is 4. The van der Waals surface area contributed by atoms with Crippen LogP contribution in [0.5, 0.6) is 0 Å². The summed E-state index contributed by atoms with van der Waals surface area (Å²) >= 11 is 0. The summed E-state index contributed by atoms with van der Waals surface area (Å²) in [5.41, 5.74) is 0. The number of carboxylic acids is 1. The Morgan fingerprint density at radius 3 is 2.00 bits per heavy atom. The van der Waals surface area contributed by atoms with Crippen LogP contribution in [0.15, 0.2) is 0 Å². The van der Waals surface area contributed by atoms with Crippen LogP contribution in [0.1, 0.15) is 20.3 Å². The van der Waals surface area contributed by atoms with Gasteiger partial charge in [0.1, 0.15) is 11.7 Å². The number of carbonyl (C=O) groups excluding carboxylic acids is 2. The number of aliphatic hydroxyl groups excluding tert-OH is 1. The van der Waals surface area contributed by atoms with E-state index in [9.17, 15) is 14.4 Å². The fourth-order valence-corrected chi connectivity index (χ4v) is 0.968. The molecule has 0 fully saturated rings. The lowest BCUT2D eigenvalue weighted by atomic mass is 9.95. The maximum absolute atomic E-state index is 11.1. The molecule has 0 aliphatic carbocycles. The van der Waals surface area contributed by atoms with Gasteiger partial charge in [-0.2, -0.15) is 0 Å². The Morgan fingerprint density at radius 2 is 1.77 bits per heavy atom. The first kappa shape index (κ1) is 11.8. The molecular formula is C8H12O5. The fraction of sp³-hybridized carbons (Fsp3) is 0.625. The predicted molar refractivity (Wildman–Crippen MR) is 43.1 cm³/mol. The van der Waals surface area contributed by atoms with E-state index < -0.39 is 36.0 Å². The van der Waals surface area contributed by atoms with Crippen molar-refractivity contribution in [1.82, 2.24) is 0 Å². The third-order valence-electron chi connectivity index (χ3n) is 1.52. The number of ketones is 2. The fourth-order valence-electron chi connectivity index (χ4n) is 0.968. The zero-order chi connectivity index (χ0) is 10.6. The van der Waals surface area contributed by atoms with E-state index in [-0.39, 0.29) is 0 Å². The molecule has 0 aromatic carbocycles. The van der Waals surface area contributed by atoms with Crippen LogP contribution < -0.4 is 0 Å². The van der Waals surface area contributed by atoms with Crippen LogP contribution in [-0.4, -0.2) is 33.9 Å². The molecular weight excluding hydrogens is 176 g/mol. The van der Waals surface area contributed by atoms with Crippen LogP contribution in [0, 0.1) is 5.92 Å². The van der Waals surface area contributed by atoms with Gasteiger partial charge in [0.15, 0.2) is 5.78 Å². The van der Waals surface area contributed by atoms with Crippen molar-refractivity contribution < 1.29 is 24.6 Å². The maximum Gasteiger partial charge on any atom is 0.316 e. The number of rotatable bonds is 5. The average molecular weight is 188 g/mol. The Morgan fingerprint density at radius 1 is 1.31 bits per heavy atom. The number of hydrogen-bond donors (Lipinski definition) is 2. The summed E-state index contributed by atoms with van der Waals surface area (Å²) in [4.78, 5) is 32.1.